The second-order valence-corrected chi connectivity index (χ2v) is 5.39. The molecule has 2 aliphatic rings. The third-order valence-electron chi connectivity index (χ3n) is 4.62. The number of hydrogen-bond acceptors (Lipinski definition) is 2. The maximum absolute atomic E-state index is 12.0. The van der Waals surface area contributed by atoms with E-state index in [2.05, 4.69) is 0 Å². The molecule has 2 rings (SSSR count). The van der Waals surface area contributed by atoms with Crippen molar-refractivity contribution in [2.45, 2.75) is 45.4 Å². The fraction of sp³-hybridized carbons (Fsp3) is 0.846. The summed E-state index contributed by atoms with van der Waals surface area (Å²) in [6.07, 6.45) is 5.08. The molecule has 4 heteroatoms. The number of rotatable bonds is 3. The van der Waals surface area contributed by atoms with Gasteiger partial charge in [0.15, 0.2) is 0 Å². The molecular formula is C13H21NO3. The van der Waals surface area contributed by atoms with Crippen molar-refractivity contribution in [1.82, 2.24) is 4.90 Å². The molecule has 0 aromatic rings. The van der Waals surface area contributed by atoms with Crippen LogP contribution in [0.25, 0.3) is 0 Å². The van der Waals surface area contributed by atoms with E-state index in [0.29, 0.717) is 32.4 Å². The number of carboxylic acid groups (broad SMARTS) is 1. The standard InChI is InChI=1S/C13H21NO3/c1-2-13(12(16)17)6-8-14(9-7-13)11(15)10-4-3-5-10/h10H,2-9H2,1H3,(H,16,17). The Balaban J connectivity index is 1.92. The number of likely N-dealkylation sites (tertiary alicyclic amines) is 1. The number of amides is 1. The van der Waals surface area contributed by atoms with E-state index in [9.17, 15) is 14.7 Å². The minimum absolute atomic E-state index is 0.231. The summed E-state index contributed by atoms with van der Waals surface area (Å²) >= 11 is 0. The fourth-order valence-electron chi connectivity index (χ4n) is 2.79. The highest BCUT2D eigenvalue weighted by atomic mass is 16.4. The highest BCUT2D eigenvalue weighted by Gasteiger charge is 2.42. The van der Waals surface area contributed by atoms with E-state index in [1.165, 1.54) is 0 Å². The number of piperidine rings is 1. The minimum atomic E-state index is -0.698. The zero-order valence-electron chi connectivity index (χ0n) is 10.4. The molecule has 1 saturated heterocycles. The monoisotopic (exact) mass is 239 g/mol. The summed E-state index contributed by atoms with van der Waals surface area (Å²) in [5.74, 6) is -0.212. The molecule has 1 heterocycles. The van der Waals surface area contributed by atoms with Gasteiger partial charge in [0.1, 0.15) is 0 Å². The van der Waals surface area contributed by atoms with Crippen molar-refractivity contribution in [2.75, 3.05) is 13.1 Å². The largest absolute Gasteiger partial charge is 0.481 e. The lowest BCUT2D eigenvalue weighted by Gasteiger charge is -2.40. The van der Waals surface area contributed by atoms with Crippen molar-refractivity contribution in [3.8, 4) is 0 Å². The molecular weight excluding hydrogens is 218 g/mol. The van der Waals surface area contributed by atoms with Gasteiger partial charge in [0.05, 0.1) is 5.41 Å². The van der Waals surface area contributed by atoms with Gasteiger partial charge in [-0.3, -0.25) is 9.59 Å². The van der Waals surface area contributed by atoms with Gasteiger partial charge < -0.3 is 10.0 Å². The van der Waals surface area contributed by atoms with E-state index in [0.717, 1.165) is 19.3 Å². The molecule has 0 bridgehead atoms. The number of carboxylic acids is 1. The van der Waals surface area contributed by atoms with E-state index >= 15 is 0 Å². The summed E-state index contributed by atoms with van der Waals surface area (Å²) in [5, 5.41) is 9.28. The van der Waals surface area contributed by atoms with Crippen molar-refractivity contribution in [3.05, 3.63) is 0 Å². The maximum Gasteiger partial charge on any atom is 0.309 e. The predicted molar refractivity (Wildman–Crippen MR) is 63.5 cm³/mol. The lowest BCUT2D eigenvalue weighted by atomic mass is 9.75. The summed E-state index contributed by atoms with van der Waals surface area (Å²) in [5.41, 5.74) is -0.587. The molecule has 0 radical (unpaired) electrons. The topological polar surface area (TPSA) is 57.6 Å². The summed E-state index contributed by atoms with van der Waals surface area (Å²) in [7, 11) is 0. The average Bonchev–Trinajstić information content (AvgIpc) is 2.26. The zero-order valence-corrected chi connectivity index (χ0v) is 10.4. The number of aliphatic carboxylic acids is 1. The average molecular weight is 239 g/mol. The summed E-state index contributed by atoms with van der Waals surface area (Å²) in [6, 6.07) is 0. The maximum atomic E-state index is 12.0. The van der Waals surface area contributed by atoms with Crippen LogP contribution in [0.4, 0.5) is 0 Å². The van der Waals surface area contributed by atoms with E-state index in [-0.39, 0.29) is 11.8 Å². The number of nitrogens with zero attached hydrogens (tertiary/aromatic N) is 1. The van der Waals surface area contributed by atoms with Gasteiger partial charge in [-0.1, -0.05) is 13.3 Å². The lowest BCUT2D eigenvalue weighted by Crippen LogP contribution is -2.48. The molecule has 1 N–H and O–H groups in total. The predicted octanol–water partition coefficient (Wildman–Crippen LogP) is 1.89. The first-order valence-electron chi connectivity index (χ1n) is 6.61. The zero-order chi connectivity index (χ0) is 12.5. The highest BCUT2D eigenvalue weighted by molar-refractivity contribution is 5.80. The van der Waals surface area contributed by atoms with Crippen molar-refractivity contribution in [1.29, 1.82) is 0 Å². The van der Waals surface area contributed by atoms with E-state index in [1.54, 1.807) is 0 Å². The molecule has 1 aliphatic heterocycles. The van der Waals surface area contributed by atoms with Crippen LogP contribution < -0.4 is 0 Å². The number of hydrogen-bond donors (Lipinski definition) is 1. The Morgan fingerprint density at radius 2 is 1.88 bits per heavy atom. The molecule has 0 spiro atoms. The molecule has 2 fully saturated rings. The van der Waals surface area contributed by atoms with Crippen molar-refractivity contribution >= 4 is 11.9 Å². The smallest absolute Gasteiger partial charge is 0.309 e. The minimum Gasteiger partial charge on any atom is -0.481 e. The Morgan fingerprint density at radius 1 is 1.29 bits per heavy atom. The summed E-state index contributed by atoms with van der Waals surface area (Å²) < 4.78 is 0. The van der Waals surface area contributed by atoms with Gasteiger partial charge in [-0.15, -0.1) is 0 Å². The van der Waals surface area contributed by atoms with Gasteiger partial charge >= 0.3 is 5.97 Å². The van der Waals surface area contributed by atoms with Crippen molar-refractivity contribution in [3.63, 3.8) is 0 Å². The normalized spacial score (nSPS) is 24.2. The number of carbonyl (C=O) groups is 2. The highest BCUT2D eigenvalue weighted by Crippen LogP contribution is 2.37. The third-order valence-corrected chi connectivity index (χ3v) is 4.62. The Kier molecular flexibility index (Phi) is 3.40. The van der Waals surface area contributed by atoms with Crippen LogP contribution in [0.3, 0.4) is 0 Å². The van der Waals surface area contributed by atoms with Gasteiger partial charge in [0, 0.05) is 19.0 Å². The molecule has 1 amide bonds. The van der Waals surface area contributed by atoms with Gasteiger partial charge in [0.25, 0.3) is 0 Å². The second-order valence-electron chi connectivity index (χ2n) is 5.39. The third kappa shape index (κ3) is 2.17. The quantitative estimate of drug-likeness (QED) is 0.818. The number of carbonyl (C=O) groups excluding carboxylic acids is 1. The molecule has 0 aromatic carbocycles. The first-order valence-corrected chi connectivity index (χ1v) is 6.61. The van der Waals surface area contributed by atoms with E-state index in [4.69, 9.17) is 0 Å². The summed E-state index contributed by atoms with van der Waals surface area (Å²) in [4.78, 5) is 25.2. The Bertz CT molecular complexity index is 315. The lowest BCUT2D eigenvalue weighted by molar-refractivity contribution is -0.156. The Hall–Kier alpha value is -1.06. The van der Waals surface area contributed by atoms with Crippen molar-refractivity contribution < 1.29 is 14.7 Å². The van der Waals surface area contributed by atoms with Gasteiger partial charge in [0.2, 0.25) is 5.91 Å². The van der Waals surface area contributed by atoms with Crippen LogP contribution in [0.2, 0.25) is 0 Å². The fourth-order valence-corrected chi connectivity index (χ4v) is 2.79. The van der Waals surface area contributed by atoms with Crippen LogP contribution >= 0.6 is 0 Å². The first kappa shape index (κ1) is 12.4. The molecule has 4 nitrogen and oxygen atoms in total. The molecule has 0 atom stereocenters. The van der Waals surface area contributed by atoms with Crippen LogP contribution in [0.1, 0.15) is 45.4 Å². The summed E-state index contributed by atoms with van der Waals surface area (Å²) in [6.45, 7) is 3.17. The van der Waals surface area contributed by atoms with Crippen LogP contribution in [0.5, 0.6) is 0 Å². The molecule has 1 saturated carbocycles. The van der Waals surface area contributed by atoms with Crippen LogP contribution in [0.15, 0.2) is 0 Å². The Labute approximate surface area is 102 Å². The molecule has 0 unspecified atom stereocenters. The van der Waals surface area contributed by atoms with Gasteiger partial charge in [-0.05, 0) is 32.1 Å². The van der Waals surface area contributed by atoms with Crippen LogP contribution in [-0.4, -0.2) is 35.0 Å². The molecule has 96 valence electrons. The second kappa shape index (κ2) is 4.67. The van der Waals surface area contributed by atoms with Crippen LogP contribution in [-0.2, 0) is 9.59 Å². The van der Waals surface area contributed by atoms with Crippen molar-refractivity contribution in [2.24, 2.45) is 11.3 Å². The molecule has 1 aliphatic carbocycles. The Morgan fingerprint density at radius 3 is 2.24 bits per heavy atom. The molecule has 0 aromatic heterocycles. The first-order chi connectivity index (χ1) is 8.09. The molecule has 17 heavy (non-hydrogen) atoms. The van der Waals surface area contributed by atoms with Gasteiger partial charge in [-0.2, -0.15) is 0 Å². The SMILES string of the molecule is CCC1(C(=O)O)CCN(C(=O)C2CCC2)CC1. The van der Waals surface area contributed by atoms with Gasteiger partial charge in [-0.25, -0.2) is 0 Å². The van der Waals surface area contributed by atoms with E-state index in [1.807, 2.05) is 11.8 Å². The van der Waals surface area contributed by atoms with Crippen LogP contribution in [0, 0.1) is 11.3 Å². The van der Waals surface area contributed by atoms with E-state index < -0.39 is 11.4 Å².